The SMILES string of the molecule is COc1c(NC(=O)N2CCCC[C@H]2c2cn[nH]c2)c(C)nn1C. The van der Waals surface area contributed by atoms with Gasteiger partial charge in [0.1, 0.15) is 5.69 Å². The third-order valence-electron chi connectivity index (χ3n) is 4.26. The molecule has 0 aromatic carbocycles. The van der Waals surface area contributed by atoms with E-state index in [-0.39, 0.29) is 12.1 Å². The molecule has 2 N–H and O–H groups in total. The van der Waals surface area contributed by atoms with Gasteiger partial charge in [-0.3, -0.25) is 5.10 Å². The topological polar surface area (TPSA) is 88.1 Å². The number of carbonyl (C=O) groups excluding carboxylic acids is 1. The van der Waals surface area contributed by atoms with Crippen LogP contribution in [-0.2, 0) is 7.05 Å². The van der Waals surface area contributed by atoms with Crippen molar-refractivity contribution in [1.29, 1.82) is 0 Å². The number of hydrogen-bond donors (Lipinski definition) is 2. The molecule has 1 aliphatic heterocycles. The molecule has 8 nitrogen and oxygen atoms in total. The quantitative estimate of drug-likeness (QED) is 0.908. The van der Waals surface area contributed by atoms with E-state index in [4.69, 9.17) is 4.74 Å². The Labute approximate surface area is 134 Å². The molecular weight excluding hydrogens is 296 g/mol. The summed E-state index contributed by atoms with van der Waals surface area (Å²) in [5, 5.41) is 14.1. The second-order valence-electron chi connectivity index (χ2n) is 5.76. The fourth-order valence-corrected chi connectivity index (χ4v) is 3.16. The van der Waals surface area contributed by atoms with E-state index in [1.807, 2.05) is 18.0 Å². The predicted octanol–water partition coefficient (Wildman–Crippen LogP) is 2.22. The van der Waals surface area contributed by atoms with Crippen molar-refractivity contribution in [3.63, 3.8) is 0 Å². The lowest BCUT2D eigenvalue weighted by atomic mass is 9.98. The zero-order valence-corrected chi connectivity index (χ0v) is 13.7. The van der Waals surface area contributed by atoms with Gasteiger partial charge < -0.3 is 15.0 Å². The molecule has 2 aromatic rings. The van der Waals surface area contributed by atoms with Crippen LogP contribution in [-0.4, -0.2) is 44.6 Å². The van der Waals surface area contributed by atoms with Gasteiger partial charge in [-0.25, -0.2) is 9.48 Å². The average Bonchev–Trinajstić information content (AvgIpc) is 3.16. The number of carbonyl (C=O) groups is 1. The maximum Gasteiger partial charge on any atom is 0.322 e. The fraction of sp³-hybridized carbons (Fsp3) is 0.533. The zero-order chi connectivity index (χ0) is 16.4. The van der Waals surface area contributed by atoms with Gasteiger partial charge in [-0.05, 0) is 26.2 Å². The van der Waals surface area contributed by atoms with Crippen molar-refractivity contribution in [2.24, 2.45) is 7.05 Å². The average molecular weight is 318 g/mol. The van der Waals surface area contributed by atoms with E-state index in [0.29, 0.717) is 11.6 Å². The van der Waals surface area contributed by atoms with Crippen LogP contribution in [0.5, 0.6) is 5.88 Å². The Hall–Kier alpha value is -2.51. The number of methoxy groups -OCH3 is 1. The number of piperidine rings is 1. The number of aryl methyl sites for hydroxylation is 2. The molecule has 2 amide bonds. The Bertz CT molecular complexity index is 678. The van der Waals surface area contributed by atoms with Crippen molar-refractivity contribution in [1.82, 2.24) is 24.9 Å². The maximum atomic E-state index is 12.8. The van der Waals surface area contributed by atoms with Crippen LogP contribution in [0.4, 0.5) is 10.5 Å². The highest BCUT2D eigenvalue weighted by atomic mass is 16.5. The number of rotatable bonds is 3. The summed E-state index contributed by atoms with van der Waals surface area (Å²) in [6.07, 6.45) is 6.69. The molecule has 1 aliphatic rings. The molecule has 1 fully saturated rings. The van der Waals surface area contributed by atoms with Gasteiger partial charge in [0.15, 0.2) is 0 Å². The Kier molecular flexibility index (Phi) is 4.22. The minimum absolute atomic E-state index is 0.0467. The van der Waals surface area contributed by atoms with Gasteiger partial charge in [0.2, 0.25) is 5.88 Å². The highest BCUT2D eigenvalue weighted by molar-refractivity contribution is 5.91. The molecule has 3 rings (SSSR count). The molecule has 124 valence electrons. The molecule has 0 unspecified atom stereocenters. The van der Waals surface area contributed by atoms with E-state index in [1.165, 1.54) is 0 Å². The first kappa shape index (κ1) is 15.4. The number of amides is 2. The Morgan fingerprint density at radius 1 is 1.48 bits per heavy atom. The van der Waals surface area contributed by atoms with E-state index in [0.717, 1.165) is 37.1 Å². The third kappa shape index (κ3) is 2.88. The van der Waals surface area contributed by atoms with Crippen LogP contribution in [0.2, 0.25) is 0 Å². The third-order valence-corrected chi connectivity index (χ3v) is 4.26. The molecule has 0 spiro atoms. The smallest absolute Gasteiger partial charge is 0.322 e. The van der Waals surface area contributed by atoms with Crippen molar-refractivity contribution in [3.8, 4) is 5.88 Å². The molecule has 0 aliphatic carbocycles. The number of hydrogen-bond acceptors (Lipinski definition) is 4. The van der Waals surface area contributed by atoms with Crippen LogP contribution in [0.15, 0.2) is 12.4 Å². The number of aromatic amines is 1. The number of H-pyrrole nitrogens is 1. The van der Waals surface area contributed by atoms with Gasteiger partial charge in [0, 0.05) is 25.4 Å². The van der Waals surface area contributed by atoms with E-state index in [9.17, 15) is 4.79 Å². The summed E-state index contributed by atoms with van der Waals surface area (Å²) in [6, 6.07) is -0.0872. The van der Waals surface area contributed by atoms with Gasteiger partial charge in [-0.1, -0.05) is 0 Å². The summed E-state index contributed by atoms with van der Waals surface area (Å²) < 4.78 is 6.96. The lowest BCUT2D eigenvalue weighted by Gasteiger charge is -2.35. The molecule has 3 heterocycles. The van der Waals surface area contributed by atoms with E-state index < -0.39 is 0 Å². The first-order chi connectivity index (χ1) is 11.1. The zero-order valence-electron chi connectivity index (χ0n) is 13.7. The molecule has 0 bridgehead atoms. The van der Waals surface area contributed by atoms with Crippen molar-refractivity contribution in [2.45, 2.75) is 32.2 Å². The van der Waals surface area contributed by atoms with Gasteiger partial charge in [-0.15, -0.1) is 0 Å². The second-order valence-corrected chi connectivity index (χ2v) is 5.76. The molecule has 23 heavy (non-hydrogen) atoms. The fourth-order valence-electron chi connectivity index (χ4n) is 3.16. The Morgan fingerprint density at radius 2 is 2.30 bits per heavy atom. The number of anilines is 1. The summed E-state index contributed by atoms with van der Waals surface area (Å²) in [4.78, 5) is 14.7. The van der Waals surface area contributed by atoms with Crippen molar-refractivity contribution in [3.05, 3.63) is 23.7 Å². The molecule has 1 atom stereocenters. The summed E-state index contributed by atoms with van der Waals surface area (Å²) in [6.45, 7) is 2.57. The number of nitrogens with zero attached hydrogens (tertiary/aromatic N) is 4. The van der Waals surface area contributed by atoms with Crippen LogP contribution < -0.4 is 10.1 Å². The molecule has 0 saturated carbocycles. The van der Waals surface area contributed by atoms with Crippen molar-refractivity contribution in [2.75, 3.05) is 19.0 Å². The highest BCUT2D eigenvalue weighted by Gasteiger charge is 2.30. The molecule has 1 saturated heterocycles. The summed E-state index contributed by atoms with van der Waals surface area (Å²) in [5.41, 5.74) is 2.39. The largest absolute Gasteiger partial charge is 0.480 e. The van der Waals surface area contributed by atoms with Crippen LogP contribution in [0.3, 0.4) is 0 Å². The van der Waals surface area contributed by atoms with Gasteiger partial charge in [0.05, 0.1) is 25.0 Å². The monoisotopic (exact) mass is 318 g/mol. The number of nitrogens with one attached hydrogen (secondary N) is 2. The summed E-state index contributed by atoms with van der Waals surface area (Å²) in [5.74, 6) is 0.549. The lowest BCUT2D eigenvalue weighted by molar-refractivity contribution is 0.163. The molecule has 2 aromatic heterocycles. The van der Waals surface area contributed by atoms with E-state index in [1.54, 1.807) is 25.0 Å². The minimum atomic E-state index is -0.134. The Balaban J connectivity index is 1.82. The van der Waals surface area contributed by atoms with Crippen molar-refractivity contribution >= 4 is 11.7 Å². The number of likely N-dealkylation sites (tertiary alicyclic amines) is 1. The molecule has 8 heteroatoms. The highest BCUT2D eigenvalue weighted by Crippen LogP contribution is 2.32. The van der Waals surface area contributed by atoms with Crippen LogP contribution >= 0.6 is 0 Å². The van der Waals surface area contributed by atoms with Gasteiger partial charge in [-0.2, -0.15) is 10.2 Å². The van der Waals surface area contributed by atoms with Gasteiger partial charge >= 0.3 is 6.03 Å². The second kappa shape index (κ2) is 6.31. The van der Waals surface area contributed by atoms with E-state index >= 15 is 0 Å². The molecular formula is C15H22N6O2. The minimum Gasteiger partial charge on any atom is -0.480 e. The number of aromatic nitrogens is 4. The Morgan fingerprint density at radius 3 is 3.00 bits per heavy atom. The van der Waals surface area contributed by atoms with E-state index in [2.05, 4.69) is 20.6 Å². The summed E-state index contributed by atoms with van der Waals surface area (Å²) >= 11 is 0. The van der Waals surface area contributed by atoms with Crippen molar-refractivity contribution < 1.29 is 9.53 Å². The summed E-state index contributed by atoms with van der Waals surface area (Å²) in [7, 11) is 3.36. The van der Waals surface area contributed by atoms with Crippen LogP contribution in [0.25, 0.3) is 0 Å². The number of ether oxygens (including phenoxy) is 1. The standard InChI is InChI=1S/C15H22N6O2/c1-10-13(14(23-3)20(2)19-10)18-15(22)21-7-5-4-6-12(21)11-8-16-17-9-11/h8-9,12H,4-7H2,1-3H3,(H,16,17)(H,18,22)/t12-/m0/s1. The predicted molar refractivity (Wildman–Crippen MR) is 85.4 cm³/mol. The first-order valence-electron chi connectivity index (χ1n) is 7.75. The van der Waals surface area contributed by atoms with Crippen LogP contribution in [0.1, 0.15) is 36.6 Å². The van der Waals surface area contributed by atoms with Crippen LogP contribution in [0, 0.1) is 6.92 Å². The number of urea groups is 1. The van der Waals surface area contributed by atoms with Gasteiger partial charge in [0.25, 0.3) is 0 Å². The normalized spacial score (nSPS) is 18.0. The first-order valence-corrected chi connectivity index (χ1v) is 7.75. The lowest BCUT2D eigenvalue weighted by Crippen LogP contribution is -2.41. The maximum absolute atomic E-state index is 12.8. The molecule has 0 radical (unpaired) electrons.